The molecule has 6 rings (SSSR count). The lowest BCUT2D eigenvalue weighted by Gasteiger charge is -2.35. The minimum Gasteiger partial charge on any atom is -0.311 e. The third kappa shape index (κ3) is 2.47. The van der Waals surface area contributed by atoms with Crippen molar-refractivity contribution in [1.29, 1.82) is 0 Å². The Morgan fingerprint density at radius 1 is 0.724 bits per heavy atom. The molecule has 1 aromatic heterocycles. The zero-order valence-electron chi connectivity index (χ0n) is 16.1. The van der Waals surface area contributed by atoms with Gasteiger partial charge in [-0.2, -0.15) is 0 Å². The topological polar surface area (TPSA) is 20.5 Å². The molecule has 0 N–H and O–H groups in total. The van der Waals surface area contributed by atoms with Gasteiger partial charge in [-0.15, -0.1) is 0 Å². The quantitative estimate of drug-likeness (QED) is 0.398. The molecule has 29 heavy (non-hydrogen) atoms. The number of para-hydroxylation sites is 2. The monoisotopic (exact) mass is 375 g/mol. The van der Waals surface area contributed by atoms with Crippen LogP contribution in [-0.4, -0.2) is 22.0 Å². The van der Waals surface area contributed by atoms with E-state index < -0.39 is 0 Å². The normalized spacial score (nSPS) is 16.4. The van der Waals surface area contributed by atoms with Crippen molar-refractivity contribution >= 4 is 33.3 Å². The van der Waals surface area contributed by atoms with Crippen LogP contribution in [0.1, 0.15) is 18.4 Å². The predicted molar refractivity (Wildman–Crippen MR) is 121 cm³/mol. The minimum atomic E-state index is 0.982. The van der Waals surface area contributed by atoms with Crippen molar-refractivity contribution < 1.29 is 0 Å². The molecule has 0 spiro atoms. The van der Waals surface area contributed by atoms with E-state index in [2.05, 4.69) is 94.4 Å². The molecule has 2 aliphatic rings. The lowest BCUT2D eigenvalue weighted by molar-refractivity contribution is 0.472. The van der Waals surface area contributed by atoms with Gasteiger partial charge in [0.15, 0.2) is 0 Å². The van der Waals surface area contributed by atoms with Crippen molar-refractivity contribution in [2.45, 2.75) is 12.8 Å². The van der Waals surface area contributed by atoms with Crippen molar-refractivity contribution in [3.05, 3.63) is 102 Å². The van der Waals surface area contributed by atoms with E-state index >= 15 is 0 Å². The van der Waals surface area contributed by atoms with Gasteiger partial charge in [-0.3, -0.25) is 4.57 Å². The maximum Gasteiger partial charge on any atom is 0.215 e. The molecule has 0 saturated heterocycles. The van der Waals surface area contributed by atoms with Crippen molar-refractivity contribution in [1.82, 2.24) is 9.47 Å². The van der Waals surface area contributed by atoms with Gasteiger partial charge in [-0.25, -0.2) is 4.99 Å². The highest BCUT2D eigenvalue weighted by atomic mass is 15.3. The number of nitrogens with zero attached hydrogens (tertiary/aromatic N) is 3. The first kappa shape index (κ1) is 16.4. The van der Waals surface area contributed by atoms with Gasteiger partial charge in [-0.1, -0.05) is 72.8 Å². The van der Waals surface area contributed by atoms with E-state index in [4.69, 9.17) is 4.99 Å². The number of aliphatic imine (C=N–C) groups is 1. The SMILES string of the molecule is C1=C(c2ccccc2)C2=CCCCN2C(n2c3ccccc3c3ccccc32)=N1. The second kappa shape index (κ2) is 6.49. The van der Waals surface area contributed by atoms with Crippen molar-refractivity contribution in [3.63, 3.8) is 0 Å². The van der Waals surface area contributed by atoms with Crippen LogP contribution in [0.5, 0.6) is 0 Å². The minimum absolute atomic E-state index is 0.982. The zero-order chi connectivity index (χ0) is 19.2. The van der Waals surface area contributed by atoms with E-state index in [1.807, 2.05) is 6.20 Å². The van der Waals surface area contributed by atoms with Gasteiger partial charge >= 0.3 is 0 Å². The fourth-order valence-corrected chi connectivity index (χ4v) is 4.60. The molecule has 0 unspecified atom stereocenters. The Morgan fingerprint density at radius 2 is 1.38 bits per heavy atom. The Bertz CT molecular complexity index is 1270. The Kier molecular flexibility index (Phi) is 3.66. The molecular weight excluding hydrogens is 354 g/mol. The van der Waals surface area contributed by atoms with Crippen LogP contribution >= 0.6 is 0 Å². The summed E-state index contributed by atoms with van der Waals surface area (Å²) in [7, 11) is 0. The fraction of sp³-hybridized carbons (Fsp3) is 0.115. The summed E-state index contributed by atoms with van der Waals surface area (Å²) < 4.78 is 2.32. The number of rotatable bonds is 1. The Morgan fingerprint density at radius 3 is 2.10 bits per heavy atom. The smallest absolute Gasteiger partial charge is 0.215 e. The van der Waals surface area contributed by atoms with Gasteiger partial charge in [0.25, 0.3) is 0 Å². The van der Waals surface area contributed by atoms with Gasteiger partial charge in [0, 0.05) is 34.8 Å². The molecule has 3 nitrogen and oxygen atoms in total. The van der Waals surface area contributed by atoms with Gasteiger partial charge in [0.05, 0.1) is 11.0 Å². The number of hydrogen-bond acceptors (Lipinski definition) is 2. The summed E-state index contributed by atoms with van der Waals surface area (Å²) in [6, 6.07) is 27.8. The molecule has 2 aliphatic heterocycles. The van der Waals surface area contributed by atoms with Gasteiger partial charge in [0.1, 0.15) is 0 Å². The van der Waals surface area contributed by atoms with Gasteiger partial charge in [0.2, 0.25) is 5.96 Å². The second-order valence-electron chi connectivity index (χ2n) is 7.59. The average Bonchev–Trinajstić information content (AvgIpc) is 3.13. The maximum atomic E-state index is 5.02. The highest BCUT2D eigenvalue weighted by Crippen LogP contribution is 2.36. The molecule has 0 amide bonds. The van der Waals surface area contributed by atoms with Gasteiger partial charge in [-0.05, 0) is 30.5 Å². The molecule has 3 aromatic carbocycles. The number of benzene rings is 3. The molecule has 0 radical (unpaired) electrons. The van der Waals surface area contributed by atoms with Crippen molar-refractivity contribution in [3.8, 4) is 0 Å². The molecule has 0 fully saturated rings. The maximum absolute atomic E-state index is 5.02. The van der Waals surface area contributed by atoms with Crippen LogP contribution in [0.15, 0.2) is 102 Å². The molecule has 0 aliphatic carbocycles. The predicted octanol–water partition coefficient (Wildman–Crippen LogP) is 6.03. The summed E-state index contributed by atoms with van der Waals surface area (Å²) in [4.78, 5) is 7.41. The van der Waals surface area contributed by atoms with E-state index in [9.17, 15) is 0 Å². The van der Waals surface area contributed by atoms with E-state index in [1.54, 1.807) is 0 Å². The van der Waals surface area contributed by atoms with Crippen molar-refractivity contribution in [2.75, 3.05) is 6.54 Å². The fourth-order valence-electron chi connectivity index (χ4n) is 4.60. The summed E-state index contributed by atoms with van der Waals surface area (Å²) in [5.74, 6) is 0.994. The number of allylic oxidation sites excluding steroid dienone is 2. The van der Waals surface area contributed by atoms with Crippen LogP contribution in [0, 0.1) is 0 Å². The number of fused-ring (bicyclic) bond motifs is 4. The lowest BCUT2D eigenvalue weighted by atomic mass is 9.98. The second-order valence-corrected chi connectivity index (χ2v) is 7.59. The Balaban J connectivity index is 1.63. The summed E-state index contributed by atoms with van der Waals surface area (Å²) in [6.45, 7) is 0.982. The van der Waals surface area contributed by atoms with Crippen LogP contribution in [0.4, 0.5) is 0 Å². The molecule has 0 bridgehead atoms. The molecule has 3 heterocycles. The summed E-state index contributed by atoms with van der Waals surface area (Å²) in [5, 5.41) is 2.54. The average molecular weight is 375 g/mol. The summed E-state index contributed by atoms with van der Waals surface area (Å²) in [6.07, 6.45) is 6.66. The lowest BCUT2D eigenvalue weighted by Crippen LogP contribution is -2.39. The first-order valence-electron chi connectivity index (χ1n) is 10.2. The van der Waals surface area contributed by atoms with Crippen LogP contribution in [0.3, 0.4) is 0 Å². The van der Waals surface area contributed by atoms with Crippen LogP contribution in [-0.2, 0) is 0 Å². The van der Waals surface area contributed by atoms with Crippen molar-refractivity contribution in [2.24, 2.45) is 4.99 Å². The third-order valence-electron chi connectivity index (χ3n) is 5.91. The first-order chi connectivity index (χ1) is 14.4. The Hall–Kier alpha value is -3.59. The largest absolute Gasteiger partial charge is 0.311 e. The van der Waals surface area contributed by atoms with Crippen LogP contribution in [0.2, 0.25) is 0 Å². The number of aromatic nitrogens is 1. The van der Waals surface area contributed by atoms with E-state index in [-0.39, 0.29) is 0 Å². The highest BCUT2D eigenvalue weighted by molar-refractivity contribution is 6.14. The molecule has 140 valence electrons. The number of hydrogen-bond donors (Lipinski definition) is 0. The van der Waals surface area contributed by atoms with E-state index in [0.29, 0.717) is 0 Å². The third-order valence-corrected chi connectivity index (χ3v) is 5.91. The summed E-state index contributed by atoms with van der Waals surface area (Å²) >= 11 is 0. The van der Waals surface area contributed by atoms with E-state index in [0.717, 1.165) is 25.3 Å². The first-order valence-corrected chi connectivity index (χ1v) is 10.2. The molecule has 3 heteroatoms. The zero-order valence-corrected chi connectivity index (χ0v) is 16.1. The molecule has 0 saturated carbocycles. The summed E-state index contributed by atoms with van der Waals surface area (Å²) in [5.41, 5.74) is 6.10. The highest BCUT2D eigenvalue weighted by Gasteiger charge is 2.28. The molecule has 0 atom stereocenters. The van der Waals surface area contributed by atoms with Crippen LogP contribution in [0.25, 0.3) is 27.4 Å². The molecule has 4 aromatic rings. The van der Waals surface area contributed by atoms with Gasteiger partial charge < -0.3 is 4.90 Å². The Labute approximate surface area is 169 Å². The standard InChI is InChI=1S/C26H21N3/c1-2-10-19(11-3-1)22-18-27-26(28-17-9-8-14-23(22)28)29-24-15-6-4-12-20(24)21-13-5-7-16-25(21)29/h1-7,10-16,18H,8-9,17H2. The van der Waals surface area contributed by atoms with Crippen LogP contribution < -0.4 is 0 Å². The molecular formula is C26H21N3. The van der Waals surface area contributed by atoms with E-state index in [1.165, 1.54) is 38.6 Å².